The first kappa shape index (κ1) is 13.5. The quantitative estimate of drug-likeness (QED) is 0.664. The van der Waals surface area contributed by atoms with E-state index in [1.54, 1.807) is 12.1 Å². The number of anilines is 2. The molecule has 0 heterocycles. The number of rotatable bonds is 6. The summed E-state index contributed by atoms with van der Waals surface area (Å²) in [6, 6.07) is 4.65. The third-order valence-electron chi connectivity index (χ3n) is 2.24. The van der Waals surface area contributed by atoms with Crippen molar-refractivity contribution in [1.82, 2.24) is 0 Å². The van der Waals surface area contributed by atoms with Crippen LogP contribution in [0.5, 0.6) is 0 Å². The summed E-state index contributed by atoms with van der Waals surface area (Å²) >= 11 is 0. The van der Waals surface area contributed by atoms with Crippen molar-refractivity contribution in [3.8, 4) is 0 Å². The van der Waals surface area contributed by atoms with E-state index >= 15 is 0 Å². The number of benzene rings is 1. The monoisotopic (exact) mass is 256 g/mol. The van der Waals surface area contributed by atoms with E-state index in [-0.39, 0.29) is 5.56 Å². The fourth-order valence-corrected chi connectivity index (χ4v) is 1.96. The van der Waals surface area contributed by atoms with Crippen molar-refractivity contribution >= 4 is 28.1 Å². The lowest BCUT2D eigenvalue weighted by molar-refractivity contribution is 0.0698. The van der Waals surface area contributed by atoms with Crippen LogP contribution in [0.1, 0.15) is 17.3 Å². The Morgan fingerprint density at radius 3 is 2.82 bits per heavy atom. The maximum atomic E-state index is 11.2. The van der Waals surface area contributed by atoms with E-state index in [0.717, 1.165) is 0 Å². The molecule has 1 atom stereocenters. The van der Waals surface area contributed by atoms with Crippen LogP contribution in [0.4, 0.5) is 11.4 Å². The molecule has 0 amide bonds. The Morgan fingerprint density at radius 1 is 1.53 bits per heavy atom. The molecule has 0 aromatic heterocycles. The number of nitrogens with one attached hydrogen (secondary N) is 1. The fraction of sp³-hybridized carbons (Fsp3) is 0.364. The van der Waals surface area contributed by atoms with Crippen LogP contribution in [0.15, 0.2) is 18.2 Å². The summed E-state index contributed by atoms with van der Waals surface area (Å²) < 4.78 is 11.2. The molecule has 4 N–H and O–H groups in total. The molecular formula is C11H16N2O3S. The number of hydrogen-bond acceptors (Lipinski definition) is 4. The van der Waals surface area contributed by atoms with E-state index < -0.39 is 16.8 Å². The molecule has 0 aliphatic heterocycles. The summed E-state index contributed by atoms with van der Waals surface area (Å²) in [6.45, 7) is 2.33. The maximum Gasteiger partial charge on any atom is 0.337 e. The zero-order valence-electron chi connectivity index (χ0n) is 9.60. The summed E-state index contributed by atoms with van der Waals surface area (Å²) in [5, 5.41) is 11.9. The second kappa shape index (κ2) is 6.24. The van der Waals surface area contributed by atoms with Crippen LogP contribution >= 0.6 is 0 Å². The van der Waals surface area contributed by atoms with Gasteiger partial charge < -0.3 is 16.2 Å². The molecular weight excluding hydrogens is 240 g/mol. The van der Waals surface area contributed by atoms with E-state index in [9.17, 15) is 9.00 Å². The molecule has 1 unspecified atom stereocenters. The third-order valence-corrected chi connectivity index (χ3v) is 3.54. The van der Waals surface area contributed by atoms with E-state index in [1.807, 2.05) is 6.92 Å². The minimum atomic E-state index is -1.03. The first-order chi connectivity index (χ1) is 8.04. The average molecular weight is 256 g/mol. The van der Waals surface area contributed by atoms with Crippen LogP contribution in [0.3, 0.4) is 0 Å². The van der Waals surface area contributed by atoms with Gasteiger partial charge in [0.25, 0.3) is 0 Å². The summed E-state index contributed by atoms with van der Waals surface area (Å²) in [7, 11) is -0.857. The molecule has 1 aromatic carbocycles. The molecule has 0 saturated heterocycles. The highest BCUT2D eigenvalue weighted by molar-refractivity contribution is 7.84. The lowest BCUT2D eigenvalue weighted by Gasteiger charge is -2.09. The summed E-state index contributed by atoms with van der Waals surface area (Å²) in [5.74, 6) is 0.0752. The van der Waals surface area contributed by atoms with Crippen molar-refractivity contribution in [3.05, 3.63) is 23.8 Å². The number of nitrogen functional groups attached to an aromatic ring is 1. The van der Waals surface area contributed by atoms with Gasteiger partial charge in [-0.15, -0.1) is 0 Å². The molecule has 0 saturated carbocycles. The molecule has 0 aliphatic carbocycles. The van der Waals surface area contributed by atoms with Crippen LogP contribution in [0.25, 0.3) is 0 Å². The van der Waals surface area contributed by atoms with Crippen LogP contribution in [0.2, 0.25) is 0 Å². The summed E-state index contributed by atoms with van der Waals surface area (Å²) in [6.07, 6.45) is 0. The van der Waals surface area contributed by atoms with Crippen molar-refractivity contribution < 1.29 is 14.1 Å². The SMILES string of the molecule is CCS(=O)CCNc1ccc(N)cc1C(=O)O. The number of carbonyl (C=O) groups is 1. The van der Waals surface area contributed by atoms with Gasteiger partial charge >= 0.3 is 5.97 Å². The topological polar surface area (TPSA) is 92.4 Å². The fourth-order valence-electron chi connectivity index (χ4n) is 1.34. The van der Waals surface area contributed by atoms with Gasteiger partial charge in [-0.25, -0.2) is 4.79 Å². The molecule has 0 radical (unpaired) electrons. The van der Waals surface area contributed by atoms with Crippen LogP contribution in [-0.2, 0) is 10.8 Å². The Labute approximate surface area is 102 Å². The largest absolute Gasteiger partial charge is 0.478 e. The highest BCUT2D eigenvalue weighted by atomic mass is 32.2. The zero-order valence-corrected chi connectivity index (χ0v) is 10.4. The smallest absolute Gasteiger partial charge is 0.337 e. The molecule has 6 heteroatoms. The Kier molecular flexibility index (Phi) is 4.96. The number of carboxylic acid groups (broad SMARTS) is 1. The van der Waals surface area contributed by atoms with Crippen molar-refractivity contribution in [2.75, 3.05) is 29.1 Å². The standard InChI is InChI=1S/C11H16N2O3S/c1-2-17(16)6-5-13-10-4-3-8(12)7-9(10)11(14)15/h3-4,7,13H,2,5-6,12H2,1H3,(H,14,15). The molecule has 0 aliphatic rings. The van der Waals surface area contributed by atoms with Crippen molar-refractivity contribution in [1.29, 1.82) is 0 Å². The van der Waals surface area contributed by atoms with Gasteiger partial charge in [0.1, 0.15) is 0 Å². The van der Waals surface area contributed by atoms with Gasteiger partial charge in [-0.2, -0.15) is 0 Å². The van der Waals surface area contributed by atoms with E-state index in [1.165, 1.54) is 6.07 Å². The predicted molar refractivity (Wildman–Crippen MR) is 69.9 cm³/mol. The van der Waals surface area contributed by atoms with Crippen LogP contribution in [0, 0.1) is 0 Å². The first-order valence-corrected chi connectivity index (χ1v) is 6.75. The van der Waals surface area contributed by atoms with Crippen LogP contribution in [-0.4, -0.2) is 33.3 Å². The lowest BCUT2D eigenvalue weighted by atomic mass is 10.1. The van der Waals surface area contributed by atoms with Gasteiger partial charge in [0.2, 0.25) is 0 Å². The Bertz CT molecular complexity index is 435. The first-order valence-electron chi connectivity index (χ1n) is 5.26. The number of carboxylic acids is 1. The minimum Gasteiger partial charge on any atom is -0.478 e. The lowest BCUT2D eigenvalue weighted by Crippen LogP contribution is -2.14. The normalized spacial score (nSPS) is 12.1. The molecule has 0 fully saturated rings. The van der Waals surface area contributed by atoms with E-state index in [4.69, 9.17) is 10.8 Å². The molecule has 1 rings (SSSR count). The highest BCUT2D eigenvalue weighted by Crippen LogP contribution is 2.18. The molecule has 5 nitrogen and oxygen atoms in total. The summed E-state index contributed by atoms with van der Waals surface area (Å²) in [5.41, 5.74) is 6.56. The van der Waals surface area contributed by atoms with Gasteiger partial charge in [0.05, 0.1) is 5.56 Å². The predicted octanol–water partition coefficient (Wildman–Crippen LogP) is 1.15. The van der Waals surface area contributed by atoms with Gasteiger partial charge in [-0.3, -0.25) is 4.21 Å². The van der Waals surface area contributed by atoms with E-state index in [2.05, 4.69) is 5.32 Å². The second-order valence-electron chi connectivity index (χ2n) is 3.47. The number of hydrogen-bond donors (Lipinski definition) is 3. The molecule has 17 heavy (non-hydrogen) atoms. The summed E-state index contributed by atoms with van der Waals surface area (Å²) in [4.78, 5) is 11.0. The Hall–Kier alpha value is -1.56. The highest BCUT2D eigenvalue weighted by Gasteiger charge is 2.10. The number of aromatic carboxylic acids is 1. The average Bonchev–Trinajstić information content (AvgIpc) is 2.30. The Morgan fingerprint density at radius 2 is 2.24 bits per heavy atom. The van der Waals surface area contributed by atoms with Crippen molar-refractivity contribution in [2.24, 2.45) is 0 Å². The van der Waals surface area contributed by atoms with Crippen molar-refractivity contribution in [3.63, 3.8) is 0 Å². The Balaban J connectivity index is 2.70. The van der Waals surface area contributed by atoms with Gasteiger partial charge in [-0.05, 0) is 18.2 Å². The minimum absolute atomic E-state index is 0.132. The maximum absolute atomic E-state index is 11.2. The molecule has 94 valence electrons. The third kappa shape index (κ3) is 4.07. The molecule has 0 bridgehead atoms. The number of nitrogens with two attached hydrogens (primary N) is 1. The van der Waals surface area contributed by atoms with Gasteiger partial charge in [0.15, 0.2) is 0 Å². The molecule has 1 aromatic rings. The van der Waals surface area contributed by atoms with Gasteiger partial charge in [-0.1, -0.05) is 6.92 Å². The van der Waals surface area contributed by atoms with Crippen molar-refractivity contribution in [2.45, 2.75) is 6.92 Å². The zero-order chi connectivity index (χ0) is 12.8. The van der Waals surface area contributed by atoms with Crippen LogP contribution < -0.4 is 11.1 Å². The molecule has 0 spiro atoms. The van der Waals surface area contributed by atoms with E-state index in [0.29, 0.717) is 29.4 Å². The second-order valence-corrected chi connectivity index (χ2v) is 5.33. The van der Waals surface area contributed by atoms with Gasteiger partial charge in [0, 0.05) is 40.2 Å².